The first-order valence-corrected chi connectivity index (χ1v) is 7.54. The molecular weight excluding hydrogens is 266 g/mol. The summed E-state index contributed by atoms with van der Waals surface area (Å²) in [7, 11) is 0. The fraction of sp³-hybridized carbons (Fsp3) is 0.529. The van der Waals surface area contributed by atoms with E-state index in [4.69, 9.17) is 0 Å². The number of likely N-dealkylation sites (tertiary alicyclic amines) is 1. The lowest BCUT2D eigenvalue weighted by Gasteiger charge is -2.23. The Bertz CT molecular complexity index is 610. The van der Waals surface area contributed by atoms with Crippen molar-refractivity contribution in [3.8, 4) is 0 Å². The van der Waals surface area contributed by atoms with Crippen LogP contribution in [0, 0.1) is 25.2 Å². The zero-order valence-corrected chi connectivity index (χ0v) is 12.6. The molecule has 1 saturated carbocycles. The van der Waals surface area contributed by atoms with Crippen LogP contribution in [0.15, 0.2) is 18.2 Å². The molecule has 4 heteroatoms. The Kier molecular flexibility index (Phi) is 3.27. The largest absolute Gasteiger partial charge is 0.481 e. The molecule has 2 aliphatic rings. The number of rotatable bonds is 2. The summed E-state index contributed by atoms with van der Waals surface area (Å²) in [4.78, 5) is 26.1. The first-order chi connectivity index (χ1) is 9.94. The number of hydrogen-bond acceptors (Lipinski definition) is 2. The lowest BCUT2D eigenvalue weighted by atomic mass is 9.81. The second-order valence-electron chi connectivity index (χ2n) is 6.55. The van der Waals surface area contributed by atoms with Gasteiger partial charge in [0.25, 0.3) is 5.91 Å². The molecular formula is C17H21NO3. The van der Waals surface area contributed by atoms with Crippen LogP contribution in [-0.2, 0) is 4.79 Å². The van der Waals surface area contributed by atoms with Crippen LogP contribution in [0.25, 0.3) is 0 Å². The summed E-state index contributed by atoms with van der Waals surface area (Å²) in [6.07, 6.45) is 2.58. The summed E-state index contributed by atoms with van der Waals surface area (Å²) in [5.74, 6) is -0.645. The van der Waals surface area contributed by atoms with Gasteiger partial charge in [0.1, 0.15) is 0 Å². The Balaban J connectivity index is 1.86. The minimum absolute atomic E-state index is 0.0254. The van der Waals surface area contributed by atoms with Crippen molar-refractivity contribution in [3.63, 3.8) is 0 Å². The number of nitrogens with zero attached hydrogens (tertiary/aromatic N) is 1. The molecule has 1 aromatic rings. The van der Waals surface area contributed by atoms with E-state index < -0.39 is 11.4 Å². The number of amides is 1. The van der Waals surface area contributed by atoms with E-state index in [-0.39, 0.29) is 11.8 Å². The number of fused-ring (bicyclic) bond motifs is 1. The van der Waals surface area contributed by atoms with Crippen molar-refractivity contribution < 1.29 is 14.7 Å². The Morgan fingerprint density at radius 2 is 2.10 bits per heavy atom. The van der Waals surface area contributed by atoms with E-state index in [1.54, 1.807) is 4.90 Å². The Hall–Kier alpha value is -1.84. The topological polar surface area (TPSA) is 57.6 Å². The van der Waals surface area contributed by atoms with Gasteiger partial charge in [-0.15, -0.1) is 0 Å². The van der Waals surface area contributed by atoms with Crippen molar-refractivity contribution in [2.45, 2.75) is 33.1 Å². The Morgan fingerprint density at radius 3 is 2.71 bits per heavy atom. The monoisotopic (exact) mass is 287 g/mol. The van der Waals surface area contributed by atoms with Gasteiger partial charge in [0.2, 0.25) is 0 Å². The van der Waals surface area contributed by atoms with Gasteiger partial charge in [0.05, 0.1) is 5.41 Å². The number of carboxylic acid groups (broad SMARTS) is 1. The minimum Gasteiger partial charge on any atom is -0.481 e. The van der Waals surface area contributed by atoms with Gasteiger partial charge in [0.15, 0.2) is 0 Å². The maximum atomic E-state index is 12.7. The van der Waals surface area contributed by atoms with Gasteiger partial charge in [0, 0.05) is 18.7 Å². The van der Waals surface area contributed by atoms with Gasteiger partial charge in [-0.2, -0.15) is 0 Å². The summed E-state index contributed by atoms with van der Waals surface area (Å²) >= 11 is 0. The fourth-order valence-electron chi connectivity index (χ4n) is 4.02. The maximum Gasteiger partial charge on any atom is 0.311 e. The van der Waals surface area contributed by atoms with Crippen LogP contribution >= 0.6 is 0 Å². The highest BCUT2D eigenvalue weighted by Gasteiger charge is 2.55. The van der Waals surface area contributed by atoms with Crippen molar-refractivity contribution in [1.82, 2.24) is 4.90 Å². The van der Waals surface area contributed by atoms with Crippen LogP contribution < -0.4 is 0 Å². The van der Waals surface area contributed by atoms with E-state index in [1.807, 2.05) is 32.0 Å². The van der Waals surface area contributed by atoms with Crippen LogP contribution in [0.1, 0.15) is 40.7 Å². The lowest BCUT2D eigenvalue weighted by molar-refractivity contribution is -0.149. The molecule has 0 bridgehead atoms. The second-order valence-corrected chi connectivity index (χ2v) is 6.55. The van der Waals surface area contributed by atoms with E-state index in [0.29, 0.717) is 25.1 Å². The average molecular weight is 287 g/mol. The smallest absolute Gasteiger partial charge is 0.311 e. The second kappa shape index (κ2) is 4.86. The van der Waals surface area contributed by atoms with Crippen molar-refractivity contribution in [2.24, 2.45) is 11.3 Å². The number of carbonyl (C=O) groups excluding carboxylic acids is 1. The zero-order valence-electron chi connectivity index (χ0n) is 12.6. The number of aryl methyl sites for hydroxylation is 2. The minimum atomic E-state index is -0.735. The molecule has 1 N–H and O–H groups in total. The van der Waals surface area contributed by atoms with Gasteiger partial charge in [-0.3, -0.25) is 9.59 Å². The molecule has 0 radical (unpaired) electrons. The van der Waals surface area contributed by atoms with Gasteiger partial charge in [-0.1, -0.05) is 24.1 Å². The molecule has 0 spiro atoms. The summed E-state index contributed by atoms with van der Waals surface area (Å²) < 4.78 is 0. The summed E-state index contributed by atoms with van der Waals surface area (Å²) in [5.41, 5.74) is 2.08. The van der Waals surface area contributed by atoms with Crippen LogP contribution in [0.5, 0.6) is 0 Å². The standard InChI is InChI=1S/C17H21NO3/c1-11-5-6-14(12(2)8-11)15(19)18-9-13-4-3-7-17(13,10-18)16(20)21/h5-6,8,13H,3-4,7,9-10H2,1-2H3,(H,20,21)/t13-,17+/m0/s1. The van der Waals surface area contributed by atoms with Gasteiger partial charge < -0.3 is 10.0 Å². The highest BCUT2D eigenvalue weighted by molar-refractivity contribution is 5.96. The third kappa shape index (κ3) is 2.13. The molecule has 0 aromatic heterocycles. The maximum absolute atomic E-state index is 12.7. The highest BCUT2D eigenvalue weighted by atomic mass is 16.4. The number of hydrogen-bond donors (Lipinski definition) is 1. The molecule has 112 valence electrons. The van der Waals surface area contributed by atoms with E-state index in [0.717, 1.165) is 24.0 Å². The molecule has 1 aliphatic carbocycles. The Morgan fingerprint density at radius 1 is 1.33 bits per heavy atom. The average Bonchev–Trinajstić information content (AvgIpc) is 2.95. The molecule has 3 rings (SSSR count). The van der Waals surface area contributed by atoms with Gasteiger partial charge in [-0.05, 0) is 44.2 Å². The van der Waals surface area contributed by atoms with E-state index in [2.05, 4.69) is 0 Å². The third-order valence-electron chi connectivity index (χ3n) is 5.20. The summed E-state index contributed by atoms with van der Waals surface area (Å²) in [6.45, 7) is 4.88. The van der Waals surface area contributed by atoms with Crippen molar-refractivity contribution in [1.29, 1.82) is 0 Å². The predicted molar refractivity (Wildman–Crippen MR) is 79.2 cm³/mol. The number of carboxylic acids is 1. The molecule has 1 aliphatic heterocycles. The van der Waals surface area contributed by atoms with E-state index in [9.17, 15) is 14.7 Å². The third-order valence-corrected chi connectivity index (χ3v) is 5.20. The number of carbonyl (C=O) groups is 2. The molecule has 1 heterocycles. The molecule has 1 amide bonds. The predicted octanol–water partition coefficient (Wildman–Crippen LogP) is 2.63. The van der Waals surface area contributed by atoms with E-state index in [1.165, 1.54) is 0 Å². The molecule has 2 fully saturated rings. The van der Waals surface area contributed by atoms with Crippen molar-refractivity contribution in [3.05, 3.63) is 34.9 Å². The van der Waals surface area contributed by atoms with Crippen LogP contribution in [0.3, 0.4) is 0 Å². The van der Waals surface area contributed by atoms with Gasteiger partial charge in [-0.25, -0.2) is 0 Å². The molecule has 4 nitrogen and oxygen atoms in total. The molecule has 1 aromatic carbocycles. The quantitative estimate of drug-likeness (QED) is 0.909. The number of aliphatic carboxylic acids is 1. The highest BCUT2D eigenvalue weighted by Crippen LogP contribution is 2.49. The van der Waals surface area contributed by atoms with Crippen molar-refractivity contribution >= 4 is 11.9 Å². The lowest BCUT2D eigenvalue weighted by Crippen LogP contribution is -2.37. The molecule has 1 saturated heterocycles. The molecule has 21 heavy (non-hydrogen) atoms. The van der Waals surface area contributed by atoms with Crippen LogP contribution in [0.2, 0.25) is 0 Å². The molecule has 2 atom stereocenters. The summed E-state index contributed by atoms with van der Waals surface area (Å²) in [6, 6.07) is 5.79. The van der Waals surface area contributed by atoms with Gasteiger partial charge >= 0.3 is 5.97 Å². The Labute approximate surface area is 124 Å². The number of benzene rings is 1. The van der Waals surface area contributed by atoms with E-state index >= 15 is 0 Å². The zero-order chi connectivity index (χ0) is 15.2. The SMILES string of the molecule is Cc1ccc(C(=O)N2C[C@@H]3CCC[C@@]3(C(=O)O)C2)c(C)c1. The summed E-state index contributed by atoms with van der Waals surface area (Å²) in [5, 5.41) is 9.60. The normalized spacial score (nSPS) is 27.7. The van der Waals surface area contributed by atoms with Crippen molar-refractivity contribution in [2.75, 3.05) is 13.1 Å². The van der Waals surface area contributed by atoms with Crippen LogP contribution in [-0.4, -0.2) is 35.0 Å². The first kappa shape index (κ1) is 14.1. The fourth-order valence-corrected chi connectivity index (χ4v) is 4.02. The van der Waals surface area contributed by atoms with Crippen LogP contribution in [0.4, 0.5) is 0 Å². The first-order valence-electron chi connectivity index (χ1n) is 7.54. The molecule has 0 unspecified atom stereocenters.